The second-order valence-corrected chi connectivity index (χ2v) is 9.55. The summed E-state index contributed by atoms with van der Waals surface area (Å²) in [6.07, 6.45) is 3.14. The second kappa shape index (κ2) is 10.1. The topological polar surface area (TPSA) is 82.6 Å². The first-order chi connectivity index (χ1) is 15.9. The van der Waals surface area contributed by atoms with Crippen LogP contribution < -0.4 is 9.62 Å². The van der Waals surface area contributed by atoms with Crippen LogP contribution in [0.5, 0.6) is 0 Å². The number of hydrogen-bond acceptors (Lipinski definition) is 5. The van der Waals surface area contributed by atoms with Crippen LogP contribution in [0, 0.1) is 0 Å². The van der Waals surface area contributed by atoms with E-state index in [-0.39, 0.29) is 5.91 Å². The minimum atomic E-state index is -3.67. The third-order valence-electron chi connectivity index (χ3n) is 5.23. The van der Waals surface area contributed by atoms with Gasteiger partial charge in [0.2, 0.25) is 0 Å². The molecule has 0 radical (unpaired) electrons. The van der Waals surface area contributed by atoms with E-state index in [4.69, 9.17) is 11.6 Å². The molecule has 170 valence electrons. The summed E-state index contributed by atoms with van der Waals surface area (Å²) in [7, 11) is -3.67. The van der Waals surface area contributed by atoms with E-state index in [9.17, 15) is 13.2 Å². The van der Waals surface area contributed by atoms with E-state index in [0.29, 0.717) is 42.5 Å². The fourth-order valence-corrected chi connectivity index (χ4v) is 4.47. The number of piperazine rings is 1. The van der Waals surface area contributed by atoms with Crippen LogP contribution in [0.3, 0.4) is 0 Å². The molecule has 7 nitrogen and oxygen atoms in total. The van der Waals surface area contributed by atoms with Gasteiger partial charge in [-0.25, -0.2) is 13.4 Å². The molecular formula is C24H23ClN4O3S. The number of benzene rings is 2. The van der Waals surface area contributed by atoms with Crippen molar-refractivity contribution < 1.29 is 13.2 Å². The van der Waals surface area contributed by atoms with Gasteiger partial charge in [0.05, 0.1) is 10.4 Å². The van der Waals surface area contributed by atoms with Crippen molar-refractivity contribution >= 4 is 45.1 Å². The Bertz CT molecular complexity index is 1220. The highest BCUT2D eigenvalue weighted by molar-refractivity contribution is 7.95. The Morgan fingerprint density at radius 3 is 2.27 bits per heavy atom. The number of aromatic nitrogens is 1. The van der Waals surface area contributed by atoms with E-state index in [1.165, 1.54) is 6.08 Å². The van der Waals surface area contributed by atoms with Gasteiger partial charge in [0, 0.05) is 43.6 Å². The van der Waals surface area contributed by atoms with Crippen molar-refractivity contribution in [3.05, 3.63) is 94.5 Å². The van der Waals surface area contributed by atoms with Gasteiger partial charge in [0.1, 0.15) is 5.82 Å². The summed E-state index contributed by atoms with van der Waals surface area (Å²) in [4.78, 5) is 21.1. The number of rotatable bonds is 6. The quantitative estimate of drug-likeness (QED) is 0.571. The van der Waals surface area contributed by atoms with Crippen molar-refractivity contribution in [1.82, 2.24) is 9.88 Å². The average molecular weight is 483 g/mol. The maximum absolute atomic E-state index is 12.9. The van der Waals surface area contributed by atoms with Gasteiger partial charge in [-0.3, -0.25) is 9.52 Å². The number of nitrogens with zero attached hydrogens (tertiary/aromatic N) is 3. The summed E-state index contributed by atoms with van der Waals surface area (Å²) < 4.78 is 27.1. The van der Waals surface area contributed by atoms with Gasteiger partial charge < -0.3 is 9.80 Å². The van der Waals surface area contributed by atoms with Gasteiger partial charge in [-0.1, -0.05) is 41.9 Å². The largest absolute Gasteiger partial charge is 0.353 e. The molecule has 1 aliphatic rings. The molecule has 1 aliphatic heterocycles. The Labute approximate surface area is 198 Å². The number of sulfonamides is 1. The third-order valence-corrected chi connectivity index (χ3v) is 6.47. The van der Waals surface area contributed by atoms with Gasteiger partial charge in [-0.05, 0) is 48.0 Å². The SMILES string of the molecule is O=C(c1ccc(NS(=O)(=O)/C=C/c2ccccc2)cc1)N1CCN(c2ccc(Cl)cn2)CC1. The highest BCUT2D eigenvalue weighted by atomic mass is 35.5. The third kappa shape index (κ3) is 6.12. The number of halogens is 1. The van der Waals surface area contributed by atoms with Crippen LogP contribution in [0.4, 0.5) is 11.5 Å². The van der Waals surface area contributed by atoms with E-state index in [1.807, 2.05) is 36.4 Å². The Hall–Kier alpha value is -3.36. The molecule has 4 rings (SSSR count). The highest BCUT2D eigenvalue weighted by Gasteiger charge is 2.23. The summed E-state index contributed by atoms with van der Waals surface area (Å²) in [6, 6.07) is 19.3. The van der Waals surface area contributed by atoms with E-state index in [0.717, 1.165) is 16.8 Å². The average Bonchev–Trinajstić information content (AvgIpc) is 2.84. The summed E-state index contributed by atoms with van der Waals surface area (Å²) in [5.41, 5.74) is 1.69. The van der Waals surface area contributed by atoms with E-state index in [2.05, 4.69) is 14.6 Å². The molecule has 0 atom stereocenters. The van der Waals surface area contributed by atoms with Crippen LogP contribution in [0.15, 0.2) is 78.3 Å². The van der Waals surface area contributed by atoms with E-state index < -0.39 is 10.0 Å². The van der Waals surface area contributed by atoms with Gasteiger partial charge in [0.15, 0.2) is 0 Å². The molecule has 0 bridgehead atoms. The first kappa shape index (κ1) is 22.8. The molecule has 9 heteroatoms. The summed E-state index contributed by atoms with van der Waals surface area (Å²) in [5.74, 6) is 0.751. The second-order valence-electron chi connectivity index (χ2n) is 7.55. The molecule has 0 unspecified atom stereocenters. The number of carbonyl (C=O) groups is 1. The zero-order valence-corrected chi connectivity index (χ0v) is 19.3. The van der Waals surface area contributed by atoms with Crippen molar-refractivity contribution in [2.75, 3.05) is 35.8 Å². The zero-order chi connectivity index (χ0) is 23.3. The fourth-order valence-electron chi connectivity index (χ4n) is 3.49. The van der Waals surface area contributed by atoms with Crippen molar-refractivity contribution in [3.8, 4) is 0 Å². The Morgan fingerprint density at radius 1 is 0.939 bits per heavy atom. The number of anilines is 2. The number of amides is 1. The standard InChI is InChI=1S/C24H23ClN4O3S/c25-21-8-11-23(26-18-21)28-13-15-29(16-14-28)24(30)20-6-9-22(10-7-20)27-33(31,32)17-12-19-4-2-1-3-5-19/h1-12,17-18,27H,13-16H2/b17-12+. The lowest BCUT2D eigenvalue weighted by atomic mass is 10.1. The Kier molecular flexibility index (Phi) is 6.96. The van der Waals surface area contributed by atoms with Crippen molar-refractivity contribution in [2.45, 2.75) is 0 Å². The highest BCUT2D eigenvalue weighted by Crippen LogP contribution is 2.18. The molecule has 1 N–H and O–H groups in total. The van der Waals surface area contributed by atoms with Crippen molar-refractivity contribution in [2.24, 2.45) is 0 Å². The molecule has 1 saturated heterocycles. The predicted molar refractivity (Wildman–Crippen MR) is 132 cm³/mol. The van der Waals surface area contributed by atoms with Gasteiger partial charge >= 0.3 is 0 Å². The zero-order valence-electron chi connectivity index (χ0n) is 17.8. The first-order valence-electron chi connectivity index (χ1n) is 10.4. The van der Waals surface area contributed by atoms with Crippen LogP contribution in [0.25, 0.3) is 6.08 Å². The lowest BCUT2D eigenvalue weighted by molar-refractivity contribution is 0.0746. The molecule has 1 amide bonds. The van der Waals surface area contributed by atoms with Crippen LogP contribution in [0.2, 0.25) is 5.02 Å². The van der Waals surface area contributed by atoms with Gasteiger partial charge in [-0.15, -0.1) is 0 Å². The van der Waals surface area contributed by atoms with E-state index >= 15 is 0 Å². The van der Waals surface area contributed by atoms with Crippen molar-refractivity contribution in [1.29, 1.82) is 0 Å². The van der Waals surface area contributed by atoms with Gasteiger partial charge in [0.25, 0.3) is 15.9 Å². The molecule has 3 aromatic rings. The van der Waals surface area contributed by atoms with E-state index in [1.54, 1.807) is 41.4 Å². The molecule has 0 aliphatic carbocycles. The summed E-state index contributed by atoms with van der Waals surface area (Å²) >= 11 is 5.90. The van der Waals surface area contributed by atoms with Crippen LogP contribution >= 0.6 is 11.6 Å². The summed E-state index contributed by atoms with van der Waals surface area (Å²) in [5, 5.41) is 1.71. The summed E-state index contributed by atoms with van der Waals surface area (Å²) in [6.45, 7) is 2.49. The molecule has 2 aromatic carbocycles. The fraction of sp³-hybridized carbons (Fsp3) is 0.167. The normalized spacial score (nSPS) is 14.5. The molecule has 1 aromatic heterocycles. The Morgan fingerprint density at radius 2 is 1.64 bits per heavy atom. The van der Waals surface area contributed by atoms with Crippen LogP contribution in [-0.2, 0) is 10.0 Å². The molecule has 1 fully saturated rings. The molecular weight excluding hydrogens is 460 g/mol. The van der Waals surface area contributed by atoms with Crippen LogP contribution in [-0.4, -0.2) is 50.4 Å². The lowest BCUT2D eigenvalue weighted by Gasteiger charge is -2.35. The maximum Gasteiger partial charge on any atom is 0.255 e. The minimum Gasteiger partial charge on any atom is -0.353 e. The molecule has 0 spiro atoms. The number of hydrogen-bond donors (Lipinski definition) is 1. The van der Waals surface area contributed by atoms with Crippen molar-refractivity contribution in [3.63, 3.8) is 0 Å². The number of pyridine rings is 1. The molecule has 0 saturated carbocycles. The molecule has 2 heterocycles. The Balaban J connectivity index is 1.33. The predicted octanol–water partition coefficient (Wildman–Crippen LogP) is 4.11. The minimum absolute atomic E-state index is 0.0860. The first-order valence-corrected chi connectivity index (χ1v) is 12.3. The molecule has 33 heavy (non-hydrogen) atoms. The smallest absolute Gasteiger partial charge is 0.255 e. The number of nitrogens with one attached hydrogen (secondary N) is 1. The maximum atomic E-state index is 12.9. The monoisotopic (exact) mass is 482 g/mol. The van der Waals surface area contributed by atoms with Crippen LogP contribution in [0.1, 0.15) is 15.9 Å². The number of carbonyl (C=O) groups excluding carboxylic acids is 1. The lowest BCUT2D eigenvalue weighted by Crippen LogP contribution is -2.49. The van der Waals surface area contributed by atoms with Gasteiger partial charge in [-0.2, -0.15) is 0 Å².